The quantitative estimate of drug-likeness (QED) is 0.491. The maximum atomic E-state index is 12.0. The zero-order valence-electron chi connectivity index (χ0n) is 12.0. The summed E-state index contributed by atoms with van der Waals surface area (Å²) in [6, 6.07) is -2.58. The summed E-state index contributed by atoms with van der Waals surface area (Å²) in [6.07, 6.45) is 2.58. The molecule has 0 radical (unpaired) electrons. The Bertz CT molecular complexity index is 350. The topological polar surface area (TPSA) is 122 Å². The van der Waals surface area contributed by atoms with Crippen LogP contribution < -0.4 is 16.4 Å². The molecule has 2 unspecified atom stereocenters. The third-order valence-electron chi connectivity index (χ3n) is 2.57. The number of carboxylic acids is 1. The standard InChI is InChI=1S/C12H23N3O4S/c1-7(2)6-9(15-12(13)19)10(16)14-8(11(17)18)4-5-20-3/h7-9H,4-6H2,1-3H3,(H,14,16)(H,17,18)(H3,13,15,19). The Balaban J connectivity index is 4.68. The van der Waals surface area contributed by atoms with E-state index >= 15 is 0 Å². The van der Waals surface area contributed by atoms with E-state index in [0.29, 0.717) is 18.6 Å². The third kappa shape index (κ3) is 7.88. The minimum absolute atomic E-state index is 0.159. The SMILES string of the molecule is CSCCC(NC(=O)C(CC(C)C)NC(N)=O)C(=O)O. The van der Waals surface area contributed by atoms with Crippen molar-refractivity contribution in [3.63, 3.8) is 0 Å². The van der Waals surface area contributed by atoms with Gasteiger partial charge in [-0.15, -0.1) is 0 Å². The molecule has 5 N–H and O–H groups in total. The number of carboxylic acid groups (broad SMARTS) is 1. The molecule has 0 saturated carbocycles. The molecule has 0 fully saturated rings. The first kappa shape index (κ1) is 18.6. The van der Waals surface area contributed by atoms with Gasteiger partial charge in [-0.1, -0.05) is 13.8 Å². The summed E-state index contributed by atoms with van der Waals surface area (Å²) in [6.45, 7) is 3.79. The molecule has 20 heavy (non-hydrogen) atoms. The first-order valence-corrected chi connectivity index (χ1v) is 7.75. The summed E-state index contributed by atoms with van der Waals surface area (Å²) in [5, 5.41) is 13.8. The van der Waals surface area contributed by atoms with Gasteiger partial charge in [-0.3, -0.25) is 4.79 Å². The summed E-state index contributed by atoms with van der Waals surface area (Å²) in [7, 11) is 0. The summed E-state index contributed by atoms with van der Waals surface area (Å²) in [5.74, 6) is -0.831. The van der Waals surface area contributed by atoms with Crippen LogP contribution in [0.2, 0.25) is 0 Å². The van der Waals surface area contributed by atoms with Crippen LogP contribution in [0.5, 0.6) is 0 Å². The maximum absolute atomic E-state index is 12.0. The Labute approximate surface area is 123 Å². The number of hydrogen-bond acceptors (Lipinski definition) is 4. The fourth-order valence-corrected chi connectivity index (χ4v) is 2.11. The van der Waals surface area contributed by atoms with Crippen molar-refractivity contribution in [2.24, 2.45) is 11.7 Å². The van der Waals surface area contributed by atoms with Gasteiger partial charge in [0.25, 0.3) is 0 Å². The minimum atomic E-state index is -1.09. The Morgan fingerprint density at radius 1 is 1.20 bits per heavy atom. The van der Waals surface area contributed by atoms with Crippen LogP contribution in [-0.4, -0.2) is 47.1 Å². The van der Waals surface area contributed by atoms with Crippen molar-refractivity contribution in [3.05, 3.63) is 0 Å². The van der Waals surface area contributed by atoms with Crippen LogP contribution in [0, 0.1) is 5.92 Å². The number of nitrogens with one attached hydrogen (secondary N) is 2. The molecule has 0 bridgehead atoms. The van der Waals surface area contributed by atoms with E-state index in [9.17, 15) is 14.4 Å². The zero-order chi connectivity index (χ0) is 15.7. The van der Waals surface area contributed by atoms with Crippen molar-refractivity contribution in [2.75, 3.05) is 12.0 Å². The van der Waals surface area contributed by atoms with Crippen molar-refractivity contribution in [1.29, 1.82) is 0 Å². The molecule has 116 valence electrons. The second-order valence-corrected chi connectivity index (χ2v) is 5.86. The fraction of sp³-hybridized carbons (Fsp3) is 0.750. The van der Waals surface area contributed by atoms with Crippen LogP contribution in [0.3, 0.4) is 0 Å². The molecule has 0 aromatic heterocycles. The molecule has 2 atom stereocenters. The molecule has 0 aliphatic heterocycles. The number of hydrogen-bond donors (Lipinski definition) is 4. The normalized spacial score (nSPS) is 13.6. The fourth-order valence-electron chi connectivity index (χ4n) is 1.64. The second-order valence-electron chi connectivity index (χ2n) is 4.87. The van der Waals surface area contributed by atoms with E-state index in [0.717, 1.165) is 0 Å². The molecule has 0 saturated heterocycles. The molecule has 3 amide bonds. The lowest BCUT2D eigenvalue weighted by atomic mass is 10.0. The van der Waals surface area contributed by atoms with Gasteiger partial charge in [-0.2, -0.15) is 11.8 Å². The molecule has 7 nitrogen and oxygen atoms in total. The van der Waals surface area contributed by atoms with E-state index in [1.54, 1.807) is 0 Å². The average Bonchev–Trinajstić information content (AvgIpc) is 2.31. The van der Waals surface area contributed by atoms with Gasteiger partial charge in [0.1, 0.15) is 12.1 Å². The molecule has 0 aromatic carbocycles. The highest BCUT2D eigenvalue weighted by Crippen LogP contribution is 2.07. The number of carbonyl (C=O) groups is 3. The summed E-state index contributed by atoms with van der Waals surface area (Å²) >= 11 is 1.50. The van der Waals surface area contributed by atoms with Gasteiger partial charge >= 0.3 is 12.0 Å². The lowest BCUT2D eigenvalue weighted by molar-refractivity contribution is -0.142. The van der Waals surface area contributed by atoms with Crippen LogP contribution in [0.15, 0.2) is 0 Å². The van der Waals surface area contributed by atoms with Gasteiger partial charge in [0.05, 0.1) is 0 Å². The van der Waals surface area contributed by atoms with Gasteiger partial charge in [-0.25, -0.2) is 9.59 Å². The summed E-state index contributed by atoms with van der Waals surface area (Å²) < 4.78 is 0. The Morgan fingerprint density at radius 2 is 1.80 bits per heavy atom. The second kappa shape index (κ2) is 9.46. The van der Waals surface area contributed by atoms with E-state index in [1.807, 2.05) is 20.1 Å². The van der Waals surface area contributed by atoms with Crippen molar-refractivity contribution < 1.29 is 19.5 Å². The van der Waals surface area contributed by atoms with Crippen molar-refractivity contribution >= 4 is 29.7 Å². The number of thioether (sulfide) groups is 1. The average molecular weight is 305 g/mol. The molecule has 0 aliphatic carbocycles. The van der Waals surface area contributed by atoms with Crippen molar-refractivity contribution in [2.45, 2.75) is 38.8 Å². The Hall–Kier alpha value is -1.44. The number of rotatable bonds is 9. The number of primary amides is 1. The van der Waals surface area contributed by atoms with E-state index < -0.39 is 30.0 Å². The summed E-state index contributed by atoms with van der Waals surface area (Å²) in [5.41, 5.74) is 5.03. The highest BCUT2D eigenvalue weighted by atomic mass is 32.2. The highest BCUT2D eigenvalue weighted by Gasteiger charge is 2.26. The van der Waals surface area contributed by atoms with Crippen LogP contribution >= 0.6 is 11.8 Å². The van der Waals surface area contributed by atoms with E-state index in [4.69, 9.17) is 10.8 Å². The predicted molar refractivity (Wildman–Crippen MR) is 78.5 cm³/mol. The van der Waals surface area contributed by atoms with E-state index in [1.165, 1.54) is 11.8 Å². The van der Waals surface area contributed by atoms with Crippen LogP contribution in [0.25, 0.3) is 0 Å². The predicted octanol–water partition coefficient (Wildman–Crippen LogP) is 0.392. The molecule has 0 spiro atoms. The number of urea groups is 1. The third-order valence-corrected chi connectivity index (χ3v) is 3.21. The molecule has 0 heterocycles. The van der Waals surface area contributed by atoms with Gasteiger partial charge in [0.2, 0.25) is 5.91 Å². The maximum Gasteiger partial charge on any atom is 0.326 e. The lowest BCUT2D eigenvalue weighted by Gasteiger charge is -2.21. The highest BCUT2D eigenvalue weighted by molar-refractivity contribution is 7.98. The van der Waals surface area contributed by atoms with Gasteiger partial charge in [0, 0.05) is 0 Å². The van der Waals surface area contributed by atoms with Gasteiger partial charge in [0.15, 0.2) is 0 Å². The lowest BCUT2D eigenvalue weighted by Crippen LogP contribution is -2.53. The molecular weight excluding hydrogens is 282 g/mol. The van der Waals surface area contributed by atoms with E-state index in [-0.39, 0.29) is 5.92 Å². The molecule has 0 aliphatic rings. The van der Waals surface area contributed by atoms with Crippen molar-refractivity contribution in [1.82, 2.24) is 10.6 Å². The van der Waals surface area contributed by atoms with E-state index in [2.05, 4.69) is 10.6 Å². The largest absolute Gasteiger partial charge is 0.480 e. The van der Waals surface area contributed by atoms with Crippen LogP contribution in [-0.2, 0) is 9.59 Å². The van der Waals surface area contributed by atoms with Crippen molar-refractivity contribution in [3.8, 4) is 0 Å². The number of nitrogens with two attached hydrogens (primary N) is 1. The number of aliphatic carboxylic acids is 1. The van der Waals surface area contributed by atoms with Gasteiger partial charge in [-0.05, 0) is 30.8 Å². The Kier molecular flexibility index (Phi) is 8.78. The first-order valence-electron chi connectivity index (χ1n) is 6.36. The van der Waals surface area contributed by atoms with Crippen LogP contribution in [0.1, 0.15) is 26.7 Å². The number of amides is 3. The van der Waals surface area contributed by atoms with Gasteiger partial charge < -0.3 is 21.5 Å². The van der Waals surface area contributed by atoms with Crippen LogP contribution in [0.4, 0.5) is 4.79 Å². The molecule has 8 heteroatoms. The zero-order valence-corrected chi connectivity index (χ0v) is 12.8. The first-order chi connectivity index (χ1) is 9.27. The molecular formula is C12H23N3O4S. The molecule has 0 rings (SSSR count). The molecule has 0 aromatic rings. The Morgan fingerprint density at radius 3 is 2.20 bits per heavy atom. The monoisotopic (exact) mass is 305 g/mol. The summed E-state index contributed by atoms with van der Waals surface area (Å²) in [4.78, 5) is 34.0. The minimum Gasteiger partial charge on any atom is -0.480 e. The number of carbonyl (C=O) groups excluding carboxylic acids is 2. The smallest absolute Gasteiger partial charge is 0.326 e.